The molecule has 1 aromatic heterocycles. The van der Waals surface area contributed by atoms with Gasteiger partial charge in [-0.15, -0.1) is 11.3 Å². The summed E-state index contributed by atoms with van der Waals surface area (Å²) in [6.45, 7) is 2.38. The van der Waals surface area contributed by atoms with Gasteiger partial charge in [-0.05, 0) is 81.8 Å². The summed E-state index contributed by atoms with van der Waals surface area (Å²) in [5.74, 6) is 0. The van der Waals surface area contributed by atoms with Gasteiger partial charge in [-0.2, -0.15) is 0 Å². The fraction of sp³-hybridized carbons (Fsp3) is 0.0612. The average molecular weight is 672 g/mol. The van der Waals surface area contributed by atoms with Crippen LogP contribution in [0, 0.1) is 0 Å². The molecule has 244 valence electrons. The van der Waals surface area contributed by atoms with Gasteiger partial charge in [0.25, 0.3) is 0 Å². The molecular formula is C49H37NS. The van der Waals surface area contributed by atoms with Crippen LogP contribution in [0.4, 0.5) is 11.4 Å². The van der Waals surface area contributed by atoms with Crippen LogP contribution < -0.4 is 4.90 Å². The zero-order valence-corrected chi connectivity index (χ0v) is 29.4. The normalized spacial score (nSPS) is 15.6. The Hall–Kier alpha value is -5.96. The maximum Gasteiger partial charge on any atom is 0.0461 e. The summed E-state index contributed by atoms with van der Waals surface area (Å²) in [6.07, 6.45) is 8.09. The molecule has 8 aromatic rings. The minimum Gasteiger partial charge on any atom is -0.311 e. The third-order valence-electron chi connectivity index (χ3n) is 10.3. The van der Waals surface area contributed by atoms with Crippen molar-refractivity contribution in [2.45, 2.75) is 18.8 Å². The summed E-state index contributed by atoms with van der Waals surface area (Å²) in [5, 5.41) is 2.70. The fourth-order valence-electron chi connectivity index (χ4n) is 7.45. The Labute approximate surface area is 304 Å². The summed E-state index contributed by atoms with van der Waals surface area (Å²) in [7, 11) is 0. The number of thiophene rings is 1. The van der Waals surface area contributed by atoms with Crippen LogP contribution in [0.5, 0.6) is 0 Å². The maximum atomic E-state index is 2.43. The molecule has 1 heterocycles. The largest absolute Gasteiger partial charge is 0.311 e. The van der Waals surface area contributed by atoms with Gasteiger partial charge in [0.1, 0.15) is 0 Å². The number of allylic oxidation sites excluding steroid dienone is 3. The predicted octanol–water partition coefficient (Wildman–Crippen LogP) is 14.0. The van der Waals surface area contributed by atoms with E-state index in [1.165, 1.54) is 64.8 Å². The van der Waals surface area contributed by atoms with E-state index in [1.54, 1.807) is 0 Å². The molecule has 7 aromatic carbocycles. The summed E-state index contributed by atoms with van der Waals surface area (Å²) in [4.78, 5) is 2.40. The van der Waals surface area contributed by atoms with E-state index in [-0.39, 0.29) is 5.41 Å². The second-order valence-corrected chi connectivity index (χ2v) is 14.7. The molecule has 1 aliphatic rings. The molecule has 0 N–H and O–H groups in total. The second kappa shape index (κ2) is 13.1. The number of anilines is 2. The number of rotatable bonds is 7. The van der Waals surface area contributed by atoms with Crippen molar-refractivity contribution in [2.75, 3.05) is 4.90 Å². The lowest BCUT2D eigenvalue weighted by atomic mass is 9.76. The average Bonchev–Trinajstić information content (AvgIpc) is 3.59. The number of hydrogen-bond acceptors (Lipinski definition) is 2. The van der Waals surface area contributed by atoms with Gasteiger partial charge < -0.3 is 4.90 Å². The number of hydrogen-bond donors (Lipinski definition) is 0. The van der Waals surface area contributed by atoms with Crippen LogP contribution in [0.25, 0.3) is 53.6 Å². The first-order valence-corrected chi connectivity index (χ1v) is 18.5. The lowest BCUT2D eigenvalue weighted by Gasteiger charge is -2.33. The molecule has 1 atom stereocenters. The topological polar surface area (TPSA) is 3.24 Å². The number of nitrogens with zero attached hydrogens (tertiary/aromatic N) is 1. The summed E-state index contributed by atoms with van der Waals surface area (Å²) < 4.78 is 2.74. The molecule has 0 saturated carbocycles. The lowest BCUT2D eigenvalue weighted by molar-refractivity contribution is 0.601. The highest BCUT2D eigenvalue weighted by Gasteiger charge is 2.29. The Bertz CT molecular complexity index is 2520. The standard InChI is InChI=1S/C49H37NS/c1-49(46-17-10-16-45-44-15-8-9-18-47(44)51-48(45)46)33-31-43(32-34-49)50(41-27-23-39(24-28-41)36-13-6-3-7-14-36)42-29-25-40(26-30-42)38-21-19-37(20-22-38)35-11-4-2-5-12-35/h2-33H,34H2,1H3/t49-/m1/s1. The van der Waals surface area contributed by atoms with Crippen LogP contribution >= 0.6 is 11.3 Å². The van der Waals surface area contributed by atoms with Crippen molar-refractivity contribution < 1.29 is 0 Å². The Morgan fingerprint density at radius 2 is 0.941 bits per heavy atom. The van der Waals surface area contributed by atoms with E-state index in [0.29, 0.717) is 0 Å². The van der Waals surface area contributed by atoms with Gasteiger partial charge in [0.2, 0.25) is 0 Å². The van der Waals surface area contributed by atoms with Crippen LogP contribution in [0.3, 0.4) is 0 Å². The van der Waals surface area contributed by atoms with Crippen molar-refractivity contribution in [3.05, 3.63) is 205 Å². The van der Waals surface area contributed by atoms with Gasteiger partial charge in [0.05, 0.1) is 0 Å². The zero-order chi connectivity index (χ0) is 34.2. The summed E-state index contributed by atoms with van der Waals surface area (Å²) in [6, 6.07) is 63.6. The minimum atomic E-state index is -0.109. The van der Waals surface area contributed by atoms with Crippen molar-refractivity contribution in [1.29, 1.82) is 0 Å². The highest BCUT2D eigenvalue weighted by molar-refractivity contribution is 7.26. The van der Waals surface area contributed by atoms with Crippen LogP contribution in [-0.2, 0) is 5.41 Å². The highest BCUT2D eigenvalue weighted by Crippen LogP contribution is 2.45. The van der Waals surface area contributed by atoms with E-state index >= 15 is 0 Å². The van der Waals surface area contributed by atoms with Gasteiger partial charge in [-0.3, -0.25) is 0 Å². The summed E-state index contributed by atoms with van der Waals surface area (Å²) >= 11 is 1.91. The van der Waals surface area contributed by atoms with Crippen LogP contribution in [0.2, 0.25) is 0 Å². The molecule has 0 spiro atoms. The monoisotopic (exact) mass is 671 g/mol. The highest BCUT2D eigenvalue weighted by atomic mass is 32.1. The van der Waals surface area contributed by atoms with E-state index in [1.807, 2.05) is 11.3 Å². The van der Waals surface area contributed by atoms with E-state index in [0.717, 1.165) is 17.8 Å². The quantitative estimate of drug-likeness (QED) is 0.163. The molecule has 9 rings (SSSR count). The predicted molar refractivity (Wildman–Crippen MR) is 220 cm³/mol. The van der Waals surface area contributed by atoms with E-state index in [4.69, 9.17) is 0 Å². The maximum absolute atomic E-state index is 2.43. The third kappa shape index (κ3) is 5.88. The van der Waals surface area contributed by atoms with Crippen molar-refractivity contribution in [1.82, 2.24) is 0 Å². The van der Waals surface area contributed by atoms with E-state index in [9.17, 15) is 0 Å². The Balaban J connectivity index is 1.06. The Morgan fingerprint density at radius 3 is 1.47 bits per heavy atom. The molecule has 0 amide bonds. The van der Waals surface area contributed by atoms with E-state index in [2.05, 4.69) is 206 Å². The van der Waals surface area contributed by atoms with Crippen molar-refractivity contribution in [2.24, 2.45) is 0 Å². The molecule has 0 radical (unpaired) electrons. The molecule has 0 unspecified atom stereocenters. The molecule has 0 aliphatic heterocycles. The number of fused-ring (bicyclic) bond motifs is 3. The van der Waals surface area contributed by atoms with Crippen LogP contribution in [0.15, 0.2) is 200 Å². The minimum absolute atomic E-state index is 0.109. The molecule has 0 fully saturated rings. The molecule has 51 heavy (non-hydrogen) atoms. The first-order valence-electron chi connectivity index (χ1n) is 17.6. The van der Waals surface area contributed by atoms with Gasteiger partial charge >= 0.3 is 0 Å². The van der Waals surface area contributed by atoms with Gasteiger partial charge in [-0.1, -0.05) is 165 Å². The zero-order valence-electron chi connectivity index (χ0n) is 28.5. The van der Waals surface area contributed by atoms with Crippen molar-refractivity contribution in [3.8, 4) is 33.4 Å². The van der Waals surface area contributed by atoms with Gasteiger partial charge in [0.15, 0.2) is 0 Å². The molecule has 0 saturated heterocycles. The summed E-state index contributed by atoms with van der Waals surface area (Å²) in [5.41, 5.74) is 12.1. The van der Waals surface area contributed by atoms with E-state index < -0.39 is 0 Å². The Morgan fingerprint density at radius 1 is 0.471 bits per heavy atom. The van der Waals surface area contributed by atoms with Gasteiger partial charge in [0, 0.05) is 42.7 Å². The first kappa shape index (κ1) is 31.1. The molecular weight excluding hydrogens is 635 g/mol. The SMILES string of the molecule is C[C@@]1(c2cccc3c2sc2ccccc23)C=CC(N(c2ccc(-c3ccccc3)cc2)c2ccc(-c3ccc(-c4ccccc4)cc3)cc2)=CC1. The number of benzene rings is 7. The lowest BCUT2D eigenvalue weighted by Crippen LogP contribution is -2.24. The third-order valence-corrected chi connectivity index (χ3v) is 11.5. The molecule has 2 heteroatoms. The van der Waals surface area contributed by atoms with Crippen LogP contribution in [-0.4, -0.2) is 0 Å². The van der Waals surface area contributed by atoms with Crippen LogP contribution in [0.1, 0.15) is 18.9 Å². The van der Waals surface area contributed by atoms with Gasteiger partial charge in [-0.25, -0.2) is 0 Å². The smallest absolute Gasteiger partial charge is 0.0461 e. The molecule has 0 bridgehead atoms. The Kier molecular flexibility index (Phi) is 7.95. The van der Waals surface area contributed by atoms with Crippen molar-refractivity contribution in [3.63, 3.8) is 0 Å². The second-order valence-electron chi connectivity index (χ2n) is 13.6. The molecule has 1 nitrogen and oxygen atoms in total. The fourth-order valence-corrected chi connectivity index (χ4v) is 8.81. The first-order chi connectivity index (χ1) is 25.1. The van der Waals surface area contributed by atoms with Crippen molar-refractivity contribution >= 4 is 42.9 Å². The molecule has 1 aliphatic carbocycles.